The van der Waals surface area contributed by atoms with Crippen molar-refractivity contribution in [3.8, 4) is 11.8 Å². The number of alkyl halides is 3. The highest BCUT2D eigenvalue weighted by molar-refractivity contribution is 5.85. The van der Waals surface area contributed by atoms with Crippen molar-refractivity contribution in [2.24, 2.45) is 5.73 Å². The van der Waals surface area contributed by atoms with Crippen molar-refractivity contribution in [2.45, 2.75) is 18.8 Å². The molecule has 0 amide bonds. The van der Waals surface area contributed by atoms with Crippen LogP contribution in [-0.2, 0) is 0 Å². The van der Waals surface area contributed by atoms with Crippen molar-refractivity contribution in [2.75, 3.05) is 0 Å². The zero-order chi connectivity index (χ0) is 13.1. The molecular weight excluding hydrogens is 276 g/mol. The summed E-state index contributed by atoms with van der Waals surface area (Å²) in [4.78, 5) is 0. The van der Waals surface area contributed by atoms with E-state index in [0.717, 1.165) is 12.1 Å². The molecule has 3 nitrogen and oxygen atoms in total. The minimum absolute atomic E-state index is 0. The molecular formula is C10H9ClF4N2O. The van der Waals surface area contributed by atoms with Gasteiger partial charge in [0.15, 0.2) is 11.6 Å². The first-order chi connectivity index (χ1) is 7.83. The van der Waals surface area contributed by atoms with E-state index in [-0.39, 0.29) is 24.4 Å². The van der Waals surface area contributed by atoms with Gasteiger partial charge in [0, 0.05) is 6.04 Å². The molecule has 0 heterocycles. The topological polar surface area (TPSA) is 59.0 Å². The molecule has 2 N–H and O–H groups in total. The number of benzene rings is 1. The van der Waals surface area contributed by atoms with Crippen LogP contribution in [0.15, 0.2) is 18.2 Å². The van der Waals surface area contributed by atoms with Crippen molar-refractivity contribution in [3.05, 3.63) is 29.6 Å². The minimum atomic E-state index is -4.95. The Bertz CT molecular complexity index is 444. The van der Waals surface area contributed by atoms with E-state index in [2.05, 4.69) is 4.74 Å². The fourth-order valence-corrected chi connectivity index (χ4v) is 1.17. The summed E-state index contributed by atoms with van der Waals surface area (Å²) in [6, 6.07) is 3.88. The highest BCUT2D eigenvalue weighted by atomic mass is 35.5. The van der Waals surface area contributed by atoms with Crippen LogP contribution in [0.2, 0.25) is 0 Å². The molecule has 0 radical (unpaired) electrons. The third-order valence-electron chi connectivity index (χ3n) is 1.92. The van der Waals surface area contributed by atoms with Gasteiger partial charge in [-0.1, -0.05) is 6.07 Å². The summed E-state index contributed by atoms with van der Waals surface area (Å²) in [7, 11) is 0. The fraction of sp³-hybridized carbons (Fsp3) is 0.300. The van der Waals surface area contributed by atoms with Crippen molar-refractivity contribution >= 4 is 12.4 Å². The summed E-state index contributed by atoms with van der Waals surface area (Å²) in [6.45, 7) is 0. The van der Waals surface area contributed by atoms with E-state index in [4.69, 9.17) is 11.0 Å². The second-order valence-electron chi connectivity index (χ2n) is 3.21. The average molecular weight is 285 g/mol. The highest BCUT2D eigenvalue weighted by Gasteiger charge is 2.32. The lowest BCUT2D eigenvalue weighted by Gasteiger charge is -2.12. The predicted octanol–water partition coefficient (Wildman–Crippen LogP) is 3.06. The first-order valence-corrected chi connectivity index (χ1v) is 4.51. The molecule has 0 fully saturated rings. The number of nitrogens with zero attached hydrogens (tertiary/aromatic N) is 1. The van der Waals surface area contributed by atoms with Gasteiger partial charge in [-0.05, 0) is 17.7 Å². The van der Waals surface area contributed by atoms with Crippen LogP contribution in [0, 0.1) is 17.1 Å². The van der Waals surface area contributed by atoms with Crippen LogP contribution in [0.3, 0.4) is 0 Å². The number of nitriles is 1. The zero-order valence-electron chi connectivity index (χ0n) is 8.87. The standard InChI is InChI=1S/C10H8F4N2O.ClH/c11-7-5-6(8(16)3-4-15)1-2-9(7)17-10(12,13)14;/h1-2,5,8H,3,16H2;1H. The summed E-state index contributed by atoms with van der Waals surface area (Å²) < 4.78 is 52.2. The monoisotopic (exact) mass is 284 g/mol. The van der Waals surface area contributed by atoms with Crippen molar-refractivity contribution in [3.63, 3.8) is 0 Å². The van der Waals surface area contributed by atoms with Gasteiger partial charge in [-0.2, -0.15) is 5.26 Å². The Morgan fingerprint density at radius 2 is 2.00 bits per heavy atom. The van der Waals surface area contributed by atoms with Crippen LogP contribution in [0.4, 0.5) is 17.6 Å². The van der Waals surface area contributed by atoms with Crippen molar-refractivity contribution < 1.29 is 22.3 Å². The molecule has 0 spiro atoms. The van der Waals surface area contributed by atoms with Crippen LogP contribution in [0.5, 0.6) is 5.75 Å². The number of hydrogen-bond donors (Lipinski definition) is 1. The number of rotatable bonds is 3. The van der Waals surface area contributed by atoms with E-state index in [1.165, 1.54) is 6.07 Å². The van der Waals surface area contributed by atoms with Gasteiger partial charge < -0.3 is 10.5 Å². The SMILES string of the molecule is Cl.N#CCC(N)c1ccc(OC(F)(F)F)c(F)c1. The molecule has 1 aromatic rings. The van der Waals surface area contributed by atoms with Gasteiger partial charge >= 0.3 is 6.36 Å². The van der Waals surface area contributed by atoms with Gasteiger partial charge in [-0.3, -0.25) is 0 Å². The largest absolute Gasteiger partial charge is 0.573 e. The van der Waals surface area contributed by atoms with E-state index >= 15 is 0 Å². The lowest BCUT2D eigenvalue weighted by Crippen LogP contribution is -2.18. The van der Waals surface area contributed by atoms with Crippen molar-refractivity contribution in [1.82, 2.24) is 0 Å². The molecule has 0 aliphatic heterocycles. The Kier molecular flexibility index (Phi) is 5.88. The molecule has 0 saturated carbocycles. The molecule has 8 heteroatoms. The quantitative estimate of drug-likeness (QED) is 0.868. The maximum absolute atomic E-state index is 13.2. The van der Waals surface area contributed by atoms with Crippen LogP contribution >= 0.6 is 12.4 Å². The Labute approximate surface area is 107 Å². The summed E-state index contributed by atoms with van der Waals surface area (Å²) in [6.07, 6.45) is -5.00. The molecule has 1 atom stereocenters. The minimum Gasteiger partial charge on any atom is -0.403 e. The molecule has 1 unspecified atom stereocenters. The van der Waals surface area contributed by atoms with E-state index in [1.54, 1.807) is 6.07 Å². The summed E-state index contributed by atoms with van der Waals surface area (Å²) >= 11 is 0. The smallest absolute Gasteiger partial charge is 0.403 e. The first kappa shape index (κ1) is 16.5. The molecule has 0 aliphatic carbocycles. The molecule has 0 aromatic heterocycles. The second-order valence-corrected chi connectivity index (χ2v) is 3.21. The van der Waals surface area contributed by atoms with E-state index in [0.29, 0.717) is 0 Å². The Morgan fingerprint density at radius 1 is 1.39 bits per heavy atom. The lowest BCUT2D eigenvalue weighted by atomic mass is 10.1. The number of nitrogens with two attached hydrogens (primary N) is 1. The molecule has 0 bridgehead atoms. The molecule has 1 aromatic carbocycles. The lowest BCUT2D eigenvalue weighted by molar-refractivity contribution is -0.275. The number of hydrogen-bond acceptors (Lipinski definition) is 3. The first-order valence-electron chi connectivity index (χ1n) is 4.51. The predicted molar refractivity (Wildman–Crippen MR) is 57.5 cm³/mol. The Balaban J connectivity index is 0.00000289. The van der Waals surface area contributed by atoms with E-state index in [9.17, 15) is 17.6 Å². The fourth-order valence-electron chi connectivity index (χ4n) is 1.17. The number of ether oxygens (including phenoxy) is 1. The summed E-state index contributed by atoms with van der Waals surface area (Å²) in [5, 5.41) is 8.38. The highest BCUT2D eigenvalue weighted by Crippen LogP contribution is 2.27. The maximum atomic E-state index is 13.2. The van der Waals surface area contributed by atoms with Gasteiger partial charge in [0.05, 0.1) is 12.5 Å². The van der Waals surface area contributed by atoms with E-state index < -0.39 is 24.0 Å². The summed E-state index contributed by atoms with van der Waals surface area (Å²) in [5.74, 6) is -2.10. The Hall–Kier alpha value is -1.52. The van der Waals surface area contributed by atoms with E-state index in [1.807, 2.05) is 0 Å². The maximum Gasteiger partial charge on any atom is 0.573 e. The molecule has 18 heavy (non-hydrogen) atoms. The van der Waals surface area contributed by atoms with Crippen molar-refractivity contribution in [1.29, 1.82) is 5.26 Å². The molecule has 0 aliphatic rings. The summed E-state index contributed by atoms with van der Waals surface area (Å²) in [5.41, 5.74) is 5.73. The van der Waals surface area contributed by atoms with Gasteiger partial charge in [0.1, 0.15) is 0 Å². The van der Waals surface area contributed by atoms with Gasteiger partial charge in [0.25, 0.3) is 0 Å². The van der Waals surface area contributed by atoms with Crippen LogP contribution < -0.4 is 10.5 Å². The molecule has 1 rings (SSSR count). The van der Waals surface area contributed by atoms with Crippen LogP contribution in [0.25, 0.3) is 0 Å². The Morgan fingerprint density at radius 3 is 2.44 bits per heavy atom. The van der Waals surface area contributed by atoms with Gasteiger partial charge in [0.2, 0.25) is 0 Å². The molecule has 100 valence electrons. The number of halogens is 5. The van der Waals surface area contributed by atoms with Crippen LogP contribution in [0.1, 0.15) is 18.0 Å². The zero-order valence-corrected chi connectivity index (χ0v) is 9.69. The van der Waals surface area contributed by atoms with Gasteiger partial charge in [-0.25, -0.2) is 4.39 Å². The van der Waals surface area contributed by atoms with Crippen LogP contribution in [-0.4, -0.2) is 6.36 Å². The third kappa shape index (κ3) is 4.77. The third-order valence-corrected chi connectivity index (χ3v) is 1.92. The normalized spacial score (nSPS) is 12.2. The second kappa shape index (κ2) is 6.42. The molecule has 0 saturated heterocycles. The van der Waals surface area contributed by atoms with Gasteiger partial charge in [-0.15, -0.1) is 25.6 Å². The average Bonchev–Trinajstić information content (AvgIpc) is 2.19.